The molecule has 0 spiro atoms. The minimum Gasteiger partial charge on any atom is -0.310 e. The summed E-state index contributed by atoms with van der Waals surface area (Å²) in [5.74, 6) is 4.68. The lowest BCUT2D eigenvalue weighted by molar-refractivity contribution is 0.523. The molecule has 0 saturated carbocycles. The summed E-state index contributed by atoms with van der Waals surface area (Å²) >= 11 is 0. The van der Waals surface area contributed by atoms with E-state index in [9.17, 15) is 0 Å². The first-order valence-electron chi connectivity index (χ1n) is 17.1. The van der Waals surface area contributed by atoms with Crippen LogP contribution in [0.4, 0.5) is 0 Å². The molecule has 0 atom stereocenters. The summed E-state index contributed by atoms with van der Waals surface area (Å²) in [5, 5.41) is 0. The van der Waals surface area contributed by atoms with Gasteiger partial charge < -0.3 is 9.79 Å². The maximum Gasteiger partial charge on any atom is 0.324 e. The summed E-state index contributed by atoms with van der Waals surface area (Å²) in [6.45, 7) is 33.7. The second-order valence-electron chi connectivity index (χ2n) is 10.4. The van der Waals surface area contributed by atoms with Crippen LogP contribution in [0.25, 0.3) is 0 Å². The van der Waals surface area contributed by atoms with Crippen molar-refractivity contribution in [2.24, 2.45) is 29.6 Å². The topological polar surface area (TPSA) is 211 Å². The highest BCUT2D eigenvalue weighted by Gasteiger charge is 1.90. The smallest absolute Gasteiger partial charge is 0.310 e. The van der Waals surface area contributed by atoms with E-state index in [1.54, 1.807) is 0 Å². The maximum absolute atomic E-state index is 8.95. The number of hydrogen-bond donors (Lipinski definition) is 2. The molecule has 0 aliphatic heterocycles. The average Bonchev–Trinajstić information content (AvgIpc) is 3.20. The zero-order valence-corrected chi connectivity index (χ0v) is 43.4. The van der Waals surface area contributed by atoms with Crippen LogP contribution in [-0.2, 0) is 45.7 Å². The van der Waals surface area contributed by atoms with Crippen molar-refractivity contribution in [2.45, 2.75) is 235 Å². The first-order valence-corrected chi connectivity index (χ1v) is 27.9. The molecule has 386 valence electrons. The van der Waals surface area contributed by atoms with Crippen LogP contribution in [0.3, 0.4) is 0 Å². The van der Waals surface area contributed by atoms with Gasteiger partial charge in [0.15, 0.2) is 0 Å². The molecular formula is C39H108O12P10. The third kappa shape index (κ3) is 341. The van der Waals surface area contributed by atoms with Gasteiger partial charge in [-0.25, -0.2) is 9.13 Å². The van der Waals surface area contributed by atoms with Gasteiger partial charge in [-0.3, -0.25) is 36.5 Å². The Hall–Kier alpha value is 0.920. The maximum atomic E-state index is 8.95. The monoisotopic (exact) mass is 1080 g/mol. The van der Waals surface area contributed by atoms with Crippen LogP contribution in [0.15, 0.2) is 0 Å². The molecule has 0 aromatic rings. The summed E-state index contributed by atoms with van der Waals surface area (Å²) in [7, 11) is -4.35. The van der Waals surface area contributed by atoms with Crippen molar-refractivity contribution in [3.05, 3.63) is 0 Å². The van der Waals surface area contributed by atoms with Crippen molar-refractivity contribution in [1.82, 2.24) is 0 Å². The summed E-state index contributed by atoms with van der Waals surface area (Å²) in [5.41, 5.74) is 0. The summed E-state index contributed by atoms with van der Waals surface area (Å²) in [6.07, 6.45) is 13.3. The molecule has 2 N–H and O–H groups in total. The van der Waals surface area contributed by atoms with Crippen molar-refractivity contribution < 1.29 is 55.4 Å². The lowest BCUT2D eigenvalue weighted by atomic mass is 10.1. The minimum absolute atomic E-state index is 0. The second-order valence-corrected chi connectivity index (χ2v) is 16.0. The first-order chi connectivity index (χ1) is 24.5. The van der Waals surface area contributed by atoms with Gasteiger partial charge in [0.05, 0.1) is 0 Å². The van der Waals surface area contributed by atoms with Crippen LogP contribution in [-0.4, -0.2) is 9.79 Å². The lowest BCUT2D eigenvalue weighted by Crippen LogP contribution is -1.85. The average molecular weight is 1080 g/mol. The third-order valence-electron chi connectivity index (χ3n) is 7.10. The summed E-state index contributed by atoms with van der Waals surface area (Å²) < 4.78 is 88.5. The van der Waals surface area contributed by atoms with Gasteiger partial charge in [0.2, 0.25) is 0 Å². The van der Waals surface area contributed by atoms with Gasteiger partial charge in [0, 0.05) is 0 Å². The highest BCUT2D eigenvalue weighted by Crippen LogP contribution is 2.10. The molecule has 0 aromatic carbocycles. The van der Waals surface area contributed by atoms with Gasteiger partial charge >= 0.3 is 17.4 Å². The van der Waals surface area contributed by atoms with Gasteiger partial charge in [-0.15, -0.1) is 0 Å². The van der Waals surface area contributed by atoms with Crippen LogP contribution in [0, 0.1) is 29.6 Å². The van der Waals surface area contributed by atoms with Gasteiger partial charge in [0.25, 0.3) is 65.2 Å². The molecule has 61 heavy (non-hydrogen) atoms. The fraction of sp³-hybridized carbons (Fsp3) is 1.00. The first kappa shape index (κ1) is 131. The normalized spacial score (nSPS) is 7.97. The minimum atomic E-state index is -0.833. The Bertz CT molecular complexity index is 539. The predicted molar refractivity (Wildman–Crippen MR) is 290 cm³/mol. The van der Waals surface area contributed by atoms with Crippen LogP contribution in [0.1, 0.15) is 235 Å². The fourth-order valence-corrected chi connectivity index (χ4v) is 1.44. The van der Waals surface area contributed by atoms with Crippen molar-refractivity contribution in [3.8, 4) is 0 Å². The van der Waals surface area contributed by atoms with Crippen LogP contribution in [0.5, 0.6) is 0 Å². The van der Waals surface area contributed by atoms with Crippen molar-refractivity contribution >= 4 is 82.6 Å². The largest absolute Gasteiger partial charge is 0.324 e. The van der Waals surface area contributed by atoms with E-state index in [-0.39, 0.29) is 132 Å². The lowest BCUT2D eigenvalue weighted by Gasteiger charge is -1.98. The highest BCUT2D eigenvalue weighted by molar-refractivity contribution is 8.00. The van der Waals surface area contributed by atoms with E-state index in [0.717, 1.165) is 29.6 Å². The molecule has 0 aliphatic carbocycles. The second kappa shape index (κ2) is 170. The van der Waals surface area contributed by atoms with Crippen molar-refractivity contribution in [1.29, 1.82) is 0 Å². The molecule has 0 saturated heterocycles. The van der Waals surface area contributed by atoms with E-state index < -0.39 is 17.4 Å². The zero-order valence-electron chi connectivity index (χ0n) is 34.4. The van der Waals surface area contributed by atoms with E-state index in [2.05, 4.69) is 104 Å². The Labute approximate surface area is 400 Å². The van der Waals surface area contributed by atoms with Gasteiger partial charge in [-0.05, 0) is 29.6 Å². The third-order valence-corrected chi connectivity index (χ3v) is 8.17. The van der Waals surface area contributed by atoms with E-state index in [1.165, 1.54) is 64.2 Å². The zero-order chi connectivity index (χ0) is 44.0. The van der Waals surface area contributed by atoms with E-state index in [0.29, 0.717) is 0 Å². The van der Waals surface area contributed by atoms with E-state index >= 15 is 0 Å². The van der Waals surface area contributed by atoms with E-state index in [1.807, 2.05) is 0 Å². The van der Waals surface area contributed by atoms with Crippen LogP contribution < -0.4 is 0 Å². The van der Waals surface area contributed by atoms with Crippen LogP contribution in [0.2, 0.25) is 0 Å². The molecule has 0 aliphatic rings. The van der Waals surface area contributed by atoms with Crippen molar-refractivity contribution in [2.75, 3.05) is 0 Å². The quantitative estimate of drug-likeness (QED) is 0.156. The Morgan fingerprint density at radius 1 is 0.246 bits per heavy atom. The standard InChI is InChI=1S/5C6H14.9CH4.4O2P2.2HO2P/c5*1-4-6(3)5-2;;;;;;;;;;4*1-3-4-2;2*1-3-2/h5*6H,4-5H2,1-3H3;9*1H4;;;;;2*(H,1,2). The highest BCUT2D eigenvalue weighted by atomic mass is 32.0. The number of hydrogen-bond acceptors (Lipinski definition) is 10. The molecule has 12 nitrogen and oxygen atoms in total. The Morgan fingerprint density at radius 2 is 0.295 bits per heavy atom. The summed E-state index contributed by atoms with van der Waals surface area (Å²) in [6, 6.07) is 0. The van der Waals surface area contributed by atoms with Gasteiger partial charge in [0.1, 0.15) is 0 Å². The molecule has 0 bridgehead atoms. The predicted octanol–water partition coefficient (Wildman–Crippen LogP) is 24.2. The Balaban J connectivity index is -0.0000000167. The molecule has 0 amide bonds. The van der Waals surface area contributed by atoms with Gasteiger partial charge in [-0.1, -0.05) is 235 Å². The molecule has 0 fully saturated rings. The molecule has 0 aromatic heterocycles. The van der Waals surface area contributed by atoms with Crippen molar-refractivity contribution in [3.63, 3.8) is 0 Å². The fourth-order valence-electron chi connectivity index (χ4n) is 1.44. The number of rotatable bonds is 14. The Kier molecular flexibility index (Phi) is 363. The molecule has 0 heterocycles. The van der Waals surface area contributed by atoms with E-state index in [4.69, 9.17) is 55.4 Å². The Morgan fingerprint density at radius 3 is 0.295 bits per heavy atom. The molecule has 22 heteroatoms. The molecule has 0 radical (unpaired) electrons. The molecule has 0 unspecified atom stereocenters. The van der Waals surface area contributed by atoms with Crippen LogP contribution >= 0.6 is 82.6 Å². The molecule has 0 rings (SSSR count). The molecular weight excluding hydrogens is 970 g/mol. The SMILES string of the molecule is C.C.C.C.C.C.C.C.C.CCC(C)CC.CCC(C)CC.CCC(C)CC.CCC(C)CC.CCC(C)CC.O=PO.O=PO.O=PP=O.O=PP=O.O=PP=O.O=PP=O. The summed E-state index contributed by atoms with van der Waals surface area (Å²) in [4.78, 5) is 14.0. The van der Waals surface area contributed by atoms with Gasteiger partial charge in [-0.2, -0.15) is 0 Å².